The number of nitrogens with zero attached hydrogens (tertiary/aromatic N) is 2. The second-order valence-electron chi connectivity index (χ2n) is 5.91. The zero-order valence-corrected chi connectivity index (χ0v) is 17.1. The summed E-state index contributed by atoms with van der Waals surface area (Å²) in [6.07, 6.45) is 3.24. The largest absolute Gasteiger partial charge is 0.462 e. The molecule has 0 aromatic heterocycles. The highest BCUT2D eigenvalue weighted by Crippen LogP contribution is 2.35. The van der Waals surface area contributed by atoms with Gasteiger partial charge in [-0.2, -0.15) is 5.26 Å². The van der Waals surface area contributed by atoms with Gasteiger partial charge in [-0.05, 0) is 42.3 Å². The molecule has 0 spiro atoms. The van der Waals surface area contributed by atoms with Gasteiger partial charge in [-0.1, -0.05) is 66.4 Å². The van der Waals surface area contributed by atoms with Crippen LogP contribution in [-0.4, -0.2) is 22.8 Å². The molecule has 1 heterocycles. The molecule has 1 amide bonds. The number of hydrogen-bond donors (Lipinski definition) is 0. The summed E-state index contributed by atoms with van der Waals surface area (Å²) in [4.78, 5) is 26.5. The van der Waals surface area contributed by atoms with Gasteiger partial charge >= 0.3 is 5.97 Å². The second kappa shape index (κ2) is 9.32. The Hall–Kier alpha value is -3.21. The van der Waals surface area contributed by atoms with E-state index in [2.05, 4.69) is 0 Å². The van der Waals surface area contributed by atoms with Crippen LogP contribution in [0.2, 0.25) is 0 Å². The van der Waals surface area contributed by atoms with E-state index >= 15 is 0 Å². The lowest BCUT2D eigenvalue weighted by Gasteiger charge is -2.13. The number of nitriles is 1. The van der Waals surface area contributed by atoms with Crippen molar-refractivity contribution >= 4 is 58.0 Å². The summed E-state index contributed by atoms with van der Waals surface area (Å²) in [7, 11) is 0. The van der Waals surface area contributed by atoms with Crippen molar-refractivity contribution in [3.63, 3.8) is 0 Å². The minimum absolute atomic E-state index is 0.0664. The number of carbonyl (C=O) groups excluding carboxylic acids is 2. The van der Waals surface area contributed by atoms with Crippen LogP contribution < -0.4 is 4.90 Å². The van der Waals surface area contributed by atoms with Gasteiger partial charge in [0.15, 0.2) is 4.32 Å². The molecule has 1 aliphatic heterocycles. The summed E-state index contributed by atoms with van der Waals surface area (Å²) < 4.78 is 5.34. The third kappa shape index (κ3) is 4.80. The van der Waals surface area contributed by atoms with Crippen molar-refractivity contribution in [3.05, 3.63) is 76.2 Å². The summed E-state index contributed by atoms with van der Waals surface area (Å²) >= 11 is 6.62. The van der Waals surface area contributed by atoms with Crippen LogP contribution >= 0.6 is 24.0 Å². The van der Waals surface area contributed by atoms with E-state index in [1.54, 1.807) is 37.3 Å². The number of anilines is 1. The monoisotopic (exact) mass is 420 g/mol. The number of ether oxygens (including phenoxy) is 1. The van der Waals surface area contributed by atoms with Crippen molar-refractivity contribution in [2.24, 2.45) is 0 Å². The van der Waals surface area contributed by atoms with Gasteiger partial charge < -0.3 is 4.74 Å². The van der Waals surface area contributed by atoms with E-state index in [0.717, 1.165) is 11.3 Å². The quantitative estimate of drug-likeness (QED) is 0.306. The van der Waals surface area contributed by atoms with E-state index in [4.69, 9.17) is 22.2 Å². The Morgan fingerprint density at radius 3 is 2.45 bits per heavy atom. The van der Waals surface area contributed by atoms with Crippen LogP contribution in [0.5, 0.6) is 0 Å². The van der Waals surface area contributed by atoms with Crippen LogP contribution in [0.3, 0.4) is 0 Å². The SMILES string of the molecule is CCOC(=O)/C(C#N)=C/c1ccc(C=C2SC(=S)N(c3ccccc3)C2=O)cc1. The van der Waals surface area contributed by atoms with E-state index < -0.39 is 5.97 Å². The maximum atomic E-state index is 12.8. The number of thiocarbonyl (C=S) groups is 1. The van der Waals surface area contributed by atoms with Crippen molar-refractivity contribution in [1.82, 2.24) is 0 Å². The Balaban J connectivity index is 1.80. The first-order chi connectivity index (χ1) is 14.0. The molecule has 5 nitrogen and oxygen atoms in total. The first-order valence-electron chi connectivity index (χ1n) is 8.75. The van der Waals surface area contributed by atoms with Crippen LogP contribution in [0.4, 0.5) is 5.69 Å². The topological polar surface area (TPSA) is 70.4 Å². The number of rotatable bonds is 5. The van der Waals surface area contributed by atoms with Gasteiger partial charge in [0.05, 0.1) is 17.2 Å². The Bertz CT molecular complexity index is 1050. The molecular formula is C22H16N2O3S2. The first-order valence-corrected chi connectivity index (χ1v) is 9.98. The lowest BCUT2D eigenvalue weighted by atomic mass is 10.1. The number of hydrogen-bond acceptors (Lipinski definition) is 6. The number of esters is 1. The summed E-state index contributed by atoms with van der Waals surface area (Å²) in [5.74, 6) is -0.812. The van der Waals surface area contributed by atoms with Crippen LogP contribution in [0.25, 0.3) is 12.2 Å². The minimum Gasteiger partial charge on any atom is -0.462 e. The predicted octanol–water partition coefficient (Wildman–Crippen LogP) is 4.56. The molecule has 0 bridgehead atoms. The maximum Gasteiger partial charge on any atom is 0.348 e. The van der Waals surface area contributed by atoms with Crippen molar-refractivity contribution in [2.75, 3.05) is 11.5 Å². The molecule has 1 saturated heterocycles. The zero-order valence-electron chi connectivity index (χ0n) is 15.5. The summed E-state index contributed by atoms with van der Waals surface area (Å²) in [5, 5.41) is 9.12. The number of benzene rings is 2. The molecule has 0 saturated carbocycles. The summed E-state index contributed by atoms with van der Waals surface area (Å²) in [6.45, 7) is 1.89. The van der Waals surface area contributed by atoms with Gasteiger partial charge in [0.2, 0.25) is 0 Å². The fraction of sp³-hybridized carbons (Fsp3) is 0.0909. The van der Waals surface area contributed by atoms with Crippen LogP contribution in [0.15, 0.2) is 65.1 Å². The molecule has 0 radical (unpaired) electrons. The number of para-hydroxylation sites is 1. The van der Waals surface area contributed by atoms with Gasteiger partial charge in [0.25, 0.3) is 5.91 Å². The van der Waals surface area contributed by atoms with Gasteiger partial charge in [-0.3, -0.25) is 9.69 Å². The van der Waals surface area contributed by atoms with E-state index in [1.807, 2.05) is 36.4 Å². The average Bonchev–Trinajstić information content (AvgIpc) is 3.01. The molecule has 2 aromatic carbocycles. The average molecular weight is 421 g/mol. The minimum atomic E-state index is -0.649. The molecular weight excluding hydrogens is 404 g/mol. The van der Waals surface area contributed by atoms with Gasteiger partial charge in [-0.15, -0.1) is 0 Å². The Morgan fingerprint density at radius 2 is 1.83 bits per heavy atom. The molecule has 29 heavy (non-hydrogen) atoms. The standard InChI is InChI=1S/C22H16N2O3S2/c1-2-27-21(26)17(14-23)12-15-8-10-16(11-9-15)13-19-20(25)24(22(28)29-19)18-6-4-3-5-7-18/h3-13H,2H2,1H3/b17-12+,19-13?. The highest BCUT2D eigenvalue weighted by molar-refractivity contribution is 8.27. The van der Waals surface area contributed by atoms with E-state index in [-0.39, 0.29) is 18.1 Å². The van der Waals surface area contributed by atoms with Gasteiger partial charge in [-0.25, -0.2) is 4.79 Å². The van der Waals surface area contributed by atoms with Crippen LogP contribution in [0.1, 0.15) is 18.1 Å². The van der Waals surface area contributed by atoms with Crippen LogP contribution in [0, 0.1) is 11.3 Å². The number of amides is 1. The molecule has 144 valence electrons. The summed E-state index contributed by atoms with van der Waals surface area (Å²) in [6, 6.07) is 18.3. The normalized spacial score (nSPS) is 15.5. The highest BCUT2D eigenvalue weighted by Gasteiger charge is 2.33. The summed E-state index contributed by atoms with van der Waals surface area (Å²) in [5.41, 5.74) is 2.17. The van der Waals surface area contributed by atoms with Crippen molar-refractivity contribution < 1.29 is 14.3 Å². The highest BCUT2D eigenvalue weighted by atomic mass is 32.2. The second-order valence-corrected chi connectivity index (χ2v) is 7.59. The van der Waals surface area contributed by atoms with Crippen molar-refractivity contribution in [2.45, 2.75) is 6.92 Å². The number of carbonyl (C=O) groups is 2. The molecule has 0 unspecified atom stereocenters. The van der Waals surface area contributed by atoms with Crippen molar-refractivity contribution in [3.8, 4) is 6.07 Å². The maximum absolute atomic E-state index is 12.8. The molecule has 1 aliphatic rings. The molecule has 7 heteroatoms. The van der Waals surface area contributed by atoms with E-state index in [0.29, 0.717) is 14.8 Å². The predicted molar refractivity (Wildman–Crippen MR) is 119 cm³/mol. The van der Waals surface area contributed by atoms with Crippen molar-refractivity contribution in [1.29, 1.82) is 5.26 Å². The van der Waals surface area contributed by atoms with E-state index in [1.165, 1.54) is 22.7 Å². The van der Waals surface area contributed by atoms with E-state index in [9.17, 15) is 9.59 Å². The molecule has 2 aromatic rings. The van der Waals surface area contributed by atoms with Gasteiger partial charge in [0, 0.05) is 0 Å². The van der Waals surface area contributed by atoms with Crippen LogP contribution in [-0.2, 0) is 14.3 Å². The Labute approximate surface area is 178 Å². The fourth-order valence-electron chi connectivity index (χ4n) is 2.62. The van der Waals surface area contributed by atoms with Gasteiger partial charge in [0.1, 0.15) is 11.6 Å². The fourth-order valence-corrected chi connectivity index (χ4v) is 3.92. The number of thioether (sulfide) groups is 1. The Morgan fingerprint density at radius 1 is 1.17 bits per heavy atom. The third-order valence-electron chi connectivity index (χ3n) is 3.97. The molecule has 0 aliphatic carbocycles. The Kier molecular flexibility index (Phi) is 6.60. The zero-order chi connectivity index (χ0) is 20.8. The lowest BCUT2D eigenvalue weighted by molar-refractivity contribution is -0.137. The molecule has 0 atom stereocenters. The molecule has 0 N–H and O–H groups in total. The smallest absolute Gasteiger partial charge is 0.348 e. The molecule has 3 rings (SSSR count). The molecule has 1 fully saturated rings. The lowest BCUT2D eigenvalue weighted by Crippen LogP contribution is -2.27. The first kappa shape index (κ1) is 20.5. The third-order valence-corrected chi connectivity index (χ3v) is 5.27.